The molecule has 1 aliphatic heterocycles. The third-order valence-corrected chi connectivity index (χ3v) is 6.19. The monoisotopic (exact) mass is 493 g/mol. The number of rotatable bonds is 5. The molecule has 1 amide bonds. The average Bonchev–Trinajstić information content (AvgIpc) is 2.80. The Morgan fingerprint density at radius 3 is 2.34 bits per heavy atom. The van der Waals surface area contributed by atoms with Gasteiger partial charge in [-0.2, -0.15) is 13.2 Å². The number of ether oxygens (including phenoxy) is 1. The van der Waals surface area contributed by atoms with Gasteiger partial charge in [-0.25, -0.2) is 13.2 Å². The lowest BCUT2D eigenvalue weighted by atomic mass is 9.87. The van der Waals surface area contributed by atoms with Gasteiger partial charge in [0.25, 0.3) is 0 Å². The number of amides is 1. The van der Waals surface area contributed by atoms with Crippen LogP contribution < -0.4 is 9.64 Å². The van der Waals surface area contributed by atoms with Crippen LogP contribution in [0.15, 0.2) is 48.5 Å². The number of halogens is 6. The van der Waals surface area contributed by atoms with Crippen LogP contribution in [-0.2, 0) is 23.9 Å². The summed E-state index contributed by atoms with van der Waals surface area (Å²) in [6.45, 7) is 1.69. The first-order chi connectivity index (χ1) is 16.5. The van der Waals surface area contributed by atoms with Crippen LogP contribution in [0.4, 0.5) is 32.0 Å². The summed E-state index contributed by atoms with van der Waals surface area (Å²) in [5, 5.41) is 0. The quantitative estimate of drug-likeness (QED) is 0.362. The minimum absolute atomic E-state index is 0.121. The number of carbonyl (C=O) groups excluding carboxylic acids is 1. The molecule has 4 rings (SSSR count). The number of benzene rings is 3. The molecule has 1 heterocycles. The average molecular weight is 493 g/mol. The molecule has 184 valence electrons. The van der Waals surface area contributed by atoms with Crippen LogP contribution in [0.2, 0.25) is 0 Å². The summed E-state index contributed by atoms with van der Waals surface area (Å²) in [6, 6.07) is 8.93. The number of methoxy groups -OCH3 is 1. The van der Waals surface area contributed by atoms with E-state index in [1.165, 1.54) is 24.1 Å². The molecule has 1 aliphatic rings. The molecule has 0 bridgehead atoms. The molecule has 3 aromatic carbocycles. The maximum atomic E-state index is 14.4. The molecule has 0 saturated carbocycles. The van der Waals surface area contributed by atoms with E-state index in [0.717, 1.165) is 24.3 Å². The molecule has 3 nitrogen and oxygen atoms in total. The van der Waals surface area contributed by atoms with Gasteiger partial charge in [-0.3, -0.25) is 4.79 Å². The van der Waals surface area contributed by atoms with E-state index >= 15 is 0 Å². The Hall–Kier alpha value is -3.49. The van der Waals surface area contributed by atoms with E-state index in [1.54, 1.807) is 6.07 Å². The van der Waals surface area contributed by atoms with Gasteiger partial charge in [-0.1, -0.05) is 19.1 Å². The standard InChI is InChI=1S/C26H21F6NO2/c1-3-14-8-17-9-19(15-5-7-20(22(29)10-15)26(30,31)32)24(35-2)12-23(17)33(25(14)34)13-16-4-6-18(27)11-21(16)28/h4-7,9-12,14H,3,8,13H2,1-2H3. The molecule has 0 aromatic heterocycles. The Labute approximate surface area is 197 Å². The highest BCUT2D eigenvalue weighted by Crippen LogP contribution is 2.42. The van der Waals surface area contributed by atoms with Crippen molar-refractivity contribution in [2.75, 3.05) is 12.0 Å². The number of alkyl halides is 3. The first-order valence-corrected chi connectivity index (χ1v) is 10.9. The lowest BCUT2D eigenvalue weighted by Crippen LogP contribution is -2.41. The number of carbonyl (C=O) groups is 1. The minimum atomic E-state index is -4.83. The maximum absolute atomic E-state index is 14.4. The summed E-state index contributed by atoms with van der Waals surface area (Å²) < 4.78 is 86.4. The Bertz CT molecular complexity index is 1290. The number of hydrogen-bond acceptors (Lipinski definition) is 2. The van der Waals surface area contributed by atoms with Gasteiger partial charge in [0.1, 0.15) is 23.2 Å². The smallest absolute Gasteiger partial charge is 0.419 e. The fraction of sp³-hybridized carbons (Fsp3) is 0.269. The summed E-state index contributed by atoms with van der Waals surface area (Å²) in [5.74, 6) is -3.39. The van der Waals surface area contributed by atoms with Crippen LogP contribution in [0, 0.1) is 23.4 Å². The number of hydrogen-bond donors (Lipinski definition) is 0. The van der Waals surface area contributed by atoms with Gasteiger partial charge in [0.2, 0.25) is 5.91 Å². The molecule has 0 fully saturated rings. The third kappa shape index (κ3) is 4.72. The second-order valence-electron chi connectivity index (χ2n) is 8.34. The Balaban J connectivity index is 1.81. The summed E-state index contributed by atoms with van der Waals surface area (Å²) in [6.07, 6.45) is -3.99. The second kappa shape index (κ2) is 9.28. The Morgan fingerprint density at radius 1 is 1.00 bits per heavy atom. The third-order valence-electron chi connectivity index (χ3n) is 6.19. The molecule has 3 aromatic rings. The van der Waals surface area contributed by atoms with E-state index in [-0.39, 0.29) is 29.3 Å². The summed E-state index contributed by atoms with van der Waals surface area (Å²) in [4.78, 5) is 14.6. The van der Waals surface area contributed by atoms with Crippen LogP contribution in [-0.4, -0.2) is 13.0 Å². The normalized spacial score (nSPS) is 15.8. The highest BCUT2D eigenvalue weighted by Gasteiger charge is 2.35. The molecule has 0 spiro atoms. The van der Waals surface area contributed by atoms with Crippen LogP contribution in [0.3, 0.4) is 0 Å². The molecule has 35 heavy (non-hydrogen) atoms. The zero-order valence-corrected chi connectivity index (χ0v) is 18.8. The lowest BCUT2D eigenvalue weighted by Gasteiger charge is -2.35. The van der Waals surface area contributed by atoms with Crippen molar-refractivity contribution in [3.63, 3.8) is 0 Å². The van der Waals surface area contributed by atoms with E-state index in [4.69, 9.17) is 4.74 Å². The summed E-state index contributed by atoms with van der Waals surface area (Å²) in [5.41, 5.74) is 0.399. The Kier molecular flexibility index (Phi) is 6.53. The van der Waals surface area contributed by atoms with Crippen molar-refractivity contribution >= 4 is 11.6 Å². The van der Waals surface area contributed by atoms with Gasteiger partial charge in [0.15, 0.2) is 0 Å². The molecule has 0 N–H and O–H groups in total. The van der Waals surface area contributed by atoms with E-state index in [2.05, 4.69) is 0 Å². The summed E-state index contributed by atoms with van der Waals surface area (Å²) in [7, 11) is 1.34. The molecule has 1 atom stereocenters. The first kappa shape index (κ1) is 24.6. The van der Waals surface area contributed by atoms with Gasteiger partial charge < -0.3 is 9.64 Å². The molecule has 1 unspecified atom stereocenters. The number of nitrogens with zero attached hydrogens (tertiary/aromatic N) is 1. The molecular formula is C26H21F6NO2. The number of fused-ring (bicyclic) bond motifs is 1. The highest BCUT2D eigenvalue weighted by molar-refractivity contribution is 5.99. The highest BCUT2D eigenvalue weighted by atomic mass is 19.4. The zero-order chi connectivity index (χ0) is 25.5. The van der Waals surface area contributed by atoms with E-state index in [1.807, 2.05) is 6.92 Å². The van der Waals surface area contributed by atoms with Crippen LogP contribution in [0.1, 0.15) is 30.0 Å². The van der Waals surface area contributed by atoms with E-state index < -0.39 is 35.1 Å². The molecule has 0 saturated heterocycles. The van der Waals surface area contributed by atoms with E-state index in [9.17, 15) is 31.1 Å². The van der Waals surface area contributed by atoms with Crippen molar-refractivity contribution in [3.8, 4) is 16.9 Å². The van der Waals surface area contributed by atoms with Crippen molar-refractivity contribution < 1.29 is 35.9 Å². The predicted octanol–water partition coefficient (Wildman–Crippen LogP) is 6.91. The van der Waals surface area contributed by atoms with Gasteiger partial charge in [0.05, 0.1) is 24.9 Å². The van der Waals surface area contributed by atoms with Crippen molar-refractivity contribution in [2.24, 2.45) is 5.92 Å². The topological polar surface area (TPSA) is 29.5 Å². The van der Waals surface area contributed by atoms with Crippen molar-refractivity contribution in [2.45, 2.75) is 32.5 Å². The SMILES string of the molecule is CCC1Cc2cc(-c3ccc(C(F)(F)F)c(F)c3)c(OC)cc2N(Cc2ccc(F)cc2F)C1=O. The largest absolute Gasteiger partial charge is 0.496 e. The first-order valence-electron chi connectivity index (χ1n) is 10.9. The van der Waals surface area contributed by atoms with Gasteiger partial charge in [-0.15, -0.1) is 0 Å². The van der Waals surface area contributed by atoms with Crippen molar-refractivity contribution in [1.82, 2.24) is 0 Å². The van der Waals surface area contributed by atoms with Crippen LogP contribution in [0.5, 0.6) is 5.75 Å². The van der Waals surface area contributed by atoms with E-state index in [0.29, 0.717) is 35.7 Å². The van der Waals surface area contributed by atoms with Gasteiger partial charge in [-0.05, 0) is 48.2 Å². The fourth-order valence-electron chi connectivity index (χ4n) is 4.33. The minimum Gasteiger partial charge on any atom is -0.496 e. The van der Waals surface area contributed by atoms with Gasteiger partial charge in [0, 0.05) is 29.2 Å². The number of anilines is 1. The molecule has 0 aliphatic carbocycles. The summed E-state index contributed by atoms with van der Waals surface area (Å²) >= 11 is 0. The zero-order valence-electron chi connectivity index (χ0n) is 18.8. The fourth-order valence-corrected chi connectivity index (χ4v) is 4.33. The molecule has 0 radical (unpaired) electrons. The van der Waals surface area contributed by atoms with Crippen molar-refractivity contribution in [3.05, 3.63) is 82.7 Å². The lowest BCUT2D eigenvalue weighted by molar-refractivity contribution is -0.140. The van der Waals surface area contributed by atoms with Crippen molar-refractivity contribution in [1.29, 1.82) is 0 Å². The van der Waals surface area contributed by atoms with Crippen LogP contribution in [0.25, 0.3) is 11.1 Å². The maximum Gasteiger partial charge on any atom is 0.419 e. The van der Waals surface area contributed by atoms with Crippen LogP contribution >= 0.6 is 0 Å². The second-order valence-corrected chi connectivity index (χ2v) is 8.34. The molecule has 9 heteroatoms. The molecular weight excluding hydrogens is 472 g/mol. The Morgan fingerprint density at radius 2 is 1.74 bits per heavy atom. The predicted molar refractivity (Wildman–Crippen MR) is 118 cm³/mol. The van der Waals surface area contributed by atoms with Gasteiger partial charge >= 0.3 is 6.18 Å².